The fraction of sp³-hybridized carbons (Fsp3) is 0.429. The fourth-order valence-electron chi connectivity index (χ4n) is 1.52. The predicted molar refractivity (Wildman–Crippen MR) is 74.5 cm³/mol. The molecule has 1 rings (SSSR count). The molecule has 0 unspecified atom stereocenters. The third-order valence-corrected chi connectivity index (χ3v) is 2.86. The Morgan fingerprint density at radius 2 is 1.74 bits per heavy atom. The van der Waals surface area contributed by atoms with Gasteiger partial charge in [-0.05, 0) is 38.1 Å². The van der Waals surface area contributed by atoms with E-state index in [2.05, 4.69) is 0 Å². The van der Waals surface area contributed by atoms with Gasteiger partial charge in [-0.1, -0.05) is 0 Å². The van der Waals surface area contributed by atoms with Crippen LogP contribution >= 0.6 is 0 Å². The first-order valence-electron chi connectivity index (χ1n) is 6.68. The lowest BCUT2D eigenvalue weighted by Gasteiger charge is -2.25. The molecule has 0 saturated carbocycles. The summed E-state index contributed by atoms with van der Waals surface area (Å²) < 4.78 is 42.5. The number of nitrogens with one attached hydrogen (secondary N) is 2. The third kappa shape index (κ3) is 5.44. The maximum atomic E-state index is 12.4. The molecule has 0 aromatic heterocycles. The van der Waals surface area contributed by atoms with E-state index in [9.17, 15) is 27.9 Å². The van der Waals surface area contributed by atoms with Crippen molar-refractivity contribution >= 4 is 11.8 Å². The Morgan fingerprint density at radius 1 is 1.17 bits per heavy atom. The first kappa shape index (κ1) is 18.8. The minimum absolute atomic E-state index is 0.177. The summed E-state index contributed by atoms with van der Waals surface area (Å²) >= 11 is 0. The summed E-state index contributed by atoms with van der Waals surface area (Å²) in [6.45, 7) is 2.73. The second-order valence-corrected chi connectivity index (χ2v) is 4.91. The number of amides is 2. The molecule has 0 bridgehead atoms. The molecular weight excluding hydrogens is 317 g/mol. The Morgan fingerprint density at radius 3 is 2.22 bits per heavy atom. The predicted octanol–water partition coefficient (Wildman–Crippen LogP) is 1.55. The van der Waals surface area contributed by atoms with Crippen molar-refractivity contribution in [2.45, 2.75) is 32.0 Å². The van der Waals surface area contributed by atoms with Crippen LogP contribution in [0.25, 0.3) is 0 Å². The van der Waals surface area contributed by atoms with Gasteiger partial charge in [-0.15, -0.1) is 0 Å². The minimum Gasteiger partial charge on any atom is -0.494 e. The molecule has 2 amide bonds. The highest BCUT2D eigenvalue weighted by molar-refractivity contribution is 5.95. The standard InChI is InChI=1S/C14H17F3N2O4/c1-3-23-10-6-4-9(5-7-10)12(21)19-18-11(20)8-13(2,22)14(15,16)17/h4-7,22H,3,8H2,1-2H3,(H,18,20)(H,19,21)/t13-/m0/s1. The Balaban J connectivity index is 2.54. The topological polar surface area (TPSA) is 87.7 Å². The lowest BCUT2D eigenvalue weighted by Crippen LogP contribution is -2.49. The Bertz CT molecular complexity index is 556. The SMILES string of the molecule is CCOc1ccc(C(=O)NNC(=O)C[C@](C)(O)C(F)(F)F)cc1. The average Bonchev–Trinajstić information content (AvgIpc) is 2.44. The van der Waals surface area contributed by atoms with E-state index in [-0.39, 0.29) is 5.56 Å². The molecule has 9 heteroatoms. The van der Waals surface area contributed by atoms with E-state index in [1.165, 1.54) is 24.3 Å². The van der Waals surface area contributed by atoms with E-state index in [0.717, 1.165) is 0 Å². The van der Waals surface area contributed by atoms with E-state index in [0.29, 0.717) is 19.3 Å². The first-order chi connectivity index (χ1) is 10.6. The smallest absolute Gasteiger partial charge is 0.417 e. The summed E-state index contributed by atoms with van der Waals surface area (Å²) in [6.07, 6.45) is -6.19. The van der Waals surface area contributed by atoms with Crippen molar-refractivity contribution < 1.29 is 32.6 Å². The highest BCUT2D eigenvalue weighted by Gasteiger charge is 2.51. The van der Waals surface area contributed by atoms with E-state index >= 15 is 0 Å². The van der Waals surface area contributed by atoms with Gasteiger partial charge in [0.1, 0.15) is 5.75 Å². The second-order valence-electron chi connectivity index (χ2n) is 4.91. The lowest BCUT2D eigenvalue weighted by atomic mass is 10.0. The normalized spacial score (nSPS) is 13.8. The molecule has 6 nitrogen and oxygen atoms in total. The number of halogens is 3. The Labute approximate surface area is 130 Å². The number of hydrogen-bond acceptors (Lipinski definition) is 4. The van der Waals surface area contributed by atoms with Crippen LogP contribution < -0.4 is 15.6 Å². The molecule has 0 fully saturated rings. The third-order valence-electron chi connectivity index (χ3n) is 2.86. The van der Waals surface area contributed by atoms with Crippen LogP contribution in [0.15, 0.2) is 24.3 Å². The summed E-state index contributed by atoms with van der Waals surface area (Å²) in [6, 6.07) is 5.93. The van der Waals surface area contributed by atoms with Gasteiger partial charge in [0.15, 0.2) is 5.60 Å². The molecular formula is C14H17F3N2O4. The monoisotopic (exact) mass is 334 g/mol. The van der Waals surface area contributed by atoms with Crippen LogP contribution in [0.3, 0.4) is 0 Å². The molecule has 0 heterocycles. The van der Waals surface area contributed by atoms with Gasteiger partial charge in [-0.3, -0.25) is 20.4 Å². The zero-order valence-electron chi connectivity index (χ0n) is 12.5. The maximum Gasteiger partial charge on any atom is 0.417 e. The molecule has 0 radical (unpaired) electrons. The van der Waals surface area contributed by atoms with Crippen LogP contribution in [0.5, 0.6) is 5.75 Å². The van der Waals surface area contributed by atoms with Gasteiger partial charge in [0, 0.05) is 5.56 Å². The number of benzene rings is 1. The highest BCUT2D eigenvalue weighted by atomic mass is 19.4. The number of hydrogen-bond donors (Lipinski definition) is 3. The summed E-state index contributed by atoms with van der Waals surface area (Å²) in [5.41, 5.74) is 0.783. The number of carbonyl (C=O) groups is 2. The van der Waals surface area contributed by atoms with E-state index < -0.39 is 30.0 Å². The number of ether oxygens (including phenoxy) is 1. The van der Waals surface area contributed by atoms with Crippen molar-refractivity contribution in [3.63, 3.8) is 0 Å². The van der Waals surface area contributed by atoms with Gasteiger partial charge in [-0.2, -0.15) is 13.2 Å². The van der Waals surface area contributed by atoms with Gasteiger partial charge in [0.2, 0.25) is 5.91 Å². The van der Waals surface area contributed by atoms with Crippen molar-refractivity contribution in [1.82, 2.24) is 10.9 Å². The molecule has 1 aromatic rings. The van der Waals surface area contributed by atoms with E-state index in [1.807, 2.05) is 10.9 Å². The highest BCUT2D eigenvalue weighted by Crippen LogP contribution is 2.32. The van der Waals surface area contributed by atoms with E-state index in [1.54, 1.807) is 6.92 Å². The Hall–Kier alpha value is -2.29. The van der Waals surface area contributed by atoms with Crippen molar-refractivity contribution in [1.29, 1.82) is 0 Å². The van der Waals surface area contributed by atoms with Gasteiger partial charge in [0.05, 0.1) is 13.0 Å². The van der Waals surface area contributed by atoms with Crippen LogP contribution in [0, 0.1) is 0 Å². The van der Waals surface area contributed by atoms with E-state index in [4.69, 9.17) is 4.74 Å². The van der Waals surface area contributed by atoms with Gasteiger partial charge in [-0.25, -0.2) is 0 Å². The summed E-state index contributed by atoms with van der Waals surface area (Å²) in [5.74, 6) is -1.34. The second kappa shape index (κ2) is 7.32. The average molecular weight is 334 g/mol. The number of carbonyl (C=O) groups excluding carboxylic acids is 2. The first-order valence-corrected chi connectivity index (χ1v) is 6.68. The van der Waals surface area contributed by atoms with Crippen molar-refractivity contribution in [2.75, 3.05) is 6.61 Å². The lowest BCUT2D eigenvalue weighted by molar-refractivity contribution is -0.253. The minimum atomic E-state index is -4.95. The molecule has 0 aliphatic carbocycles. The molecule has 0 spiro atoms. The van der Waals surface area contributed by atoms with Crippen molar-refractivity contribution in [2.24, 2.45) is 0 Å². The fourth-order valence-corrected chi connectivity index (χ4v) is 1.52. The van der Waals surface area contributed by atoms with Crippen molar-refractivity contribution in [3.05, 3.63) is 29.8 Å². The van der Waals surface area contributed by atoms with Crippen LogP contribution in [0.4, 0.5) is 13.2 Å². The number of alkyl halides is 3. The van der Waals surface area contributed by atoms with Crippen LogP contribution in [0.2, 0.25) is 0 Å². The maximum absolute atomic E-state index is 12.4. The summed E-state index contributed by atoms with van der Waals surface area (Å²) in [4.78, 5) is 23.1. The molecule has 0 saturated heterocycles. The quantitative estimate of drug-likeness (QED) is 0.713. The summed E-state index contributed by atoms with van der Waals surface area (Å²) in [7, 11) is 0. The van der Waals surface area contributed by atoms with Crippen molar-refractivity contribution in [3.8, 4) is 5.75 Å². The van der Waals surface area contributed by atoms with Gasteiger partial charge >= 0.3 is 6.18 Å². The molecule has 128 valence electrons. The Kier molecular flexibility index (Phi) is 5.97. The van der Waals surface area contributed by atoms with Crippen LogP contribution in [-0.2, 0) is 4.79 Å². The largest absolute Gasteiger partial charge is 0.494 e. The van der Waals surface area contributed by atoms with Gasteiger partial charge < -0.3 is 9.84 Å². The number of hydrazine groups is 1. The zero-order valence-corrected chi connectivity index (χ0v) is 12.5. The molecule has 0 aliphatic heterocycles. The van der Waals surface area contributed by atoms with Gasteiger partial charge in [0.25, 0.3) is 5.91 Å². The zero-order chi connectivity index (χ0) is 17.7. The number of aliphatic hydroxyl groups is 1. The molecule has 0 aliphatic rings. The molecule has 1 atom stereocenters. The van der Waals surface area contributed by atoms with Crippen LogP contribution in [-0.4, -0.2) is 35.3 Å². The molecule has 1 aromatic carbocycles. The summed E-state index contributed by atoms with van der Waals surface area (Å²) in [5, 5.41) is 9.17. The van der Waals surface area contributed by atoms with Crippen LogP contribution in [0.1, 0.15) is 30.6 Å². The number of rotatable bonds is 5. The molecule has 23 heavy (non-hydrogen) atoms. The molecule has 3 N–H and O–H groups in total.